The quantitative estimate of drug-likeness (QED) is 0.189. The Bertz CT molecular complexity index is 1730. The van der Waals surface area contributed by atoms with E-state index < -0.39 is 23.6 Å². The van der Waals surface area contributed by atoms with Crippen LogP contribution in [0.1, 0.15) is 57.7 Å². The second-order valence-corrected chi connectivity index (χ2v) is 13.3. The fourth-order valence-electron chi connectivity index (χ4n) is 6.16. The molecule has 2 aromatic carbocycles. The summed E-state index contributed by atoms with van der Waals surface area (Å²) < 4.78 is 5.37. The number of aromatic amines is 1. The van der Waals surface area contributed by atoms with Gasteiger partial charge in [-0.3, -0.25) is 14.5 Å². The Morgan fingerprint density at radius 3 is 2.38 bits per heavy atom. The van der Waals surface area contributed by atoms with E-state index in [1.807, 2.05) is 58.0 Å². The van der Waals surface area contributed by atoms with Crippen LogP contribution in [-0.2, 0) is 20.7 Å². The van der Waals surface area contributed by atoms with E-state index in [4.69, 9.17) is 16.2 Å². The number of nitrogens with one attached hydrogen (secondary N) is 2. The molecule has 3 amide bonds. The summed E-state index contributed by atoms with van der Waals surface area (Å²) in [4.78, 5) is 45.8. The van der Waals surface area contributed by atoms with Crippen LogP contribution < -0.4 is 21.7 Å². The highest BCUT2D eigenvalue weighted by Crippen LogP contribution is 2.33. The van der Waals surface area contributed by atoms with Gasteiger partial charge in [0.25, 0.3) is 0 Å². The number of rotatable bonds is 10. The molecular weight excluding hydrogens is 610 g/mol. The number of nitrogens with zero attached hydrogens (tertiary/aromatic N) is 5. The van der Waals surface area contributed by atoms with Crippen molar-refractivity contribution in [2.24, 2.45) is 17.6 Å². The first-order valence-corrected chi connectivity index (χ1v) is 16.1. The van der Waals surface area contributed by atoms with Gasteiger partial charge in [-0.15, -0.1) is 10.2 Å². The fourth-order valence-corrected chi connectivity index (χ4v) is 6.16. The minimum absolute atomic E-state index is 0.167. The highest BCUT2D eigenvalue weighted by molar-refractivity contribution is 6.01. The molecule has 4 aromatic rings. The molecule has 13 nitrogen and oxygen atoms in total. The first kappa shape index (κ1) is 34.0. The van der Waals surface area contributed by atoms with Crippen molar-refractivity contribution in [1.29, 1.82) is 0 Å². The van der Waals surface area contributed by atoms with Crippen molar-refractivity contribution >= 4 is 29.4 Å². The summed E-state index contributed by atoms with van der Waals surface area (Å²) in [5.74, 6) is -0.0416. The summed E-state index contributed by atoms with van der Waals surface area (Å²) in [6.45, 7) is 7.83. The lowest BCUT2D eigenvalue weighted by Crippen LogP contribution is -2.52. The van der Waals surface area contributed by atoms with Gasteiger partial charge in [-0.1, -0.05) is 24.3 Å². The normalized spacial score (nSPS) is 16.9. The van der Waals surface area contributed by atoms with Crippen molar-refractivity contribution in [3.63, 3.8) is 0 Å². The molecule has 0 aliphatic heterocycles. The predicted octanol–water partition coefficient (Wildman–Crippen LogP) is 4.58. The number of pyridine rings is 1. The molecule has 0 saturated heterocycles. The number of nitrogen functional groups attached to an aromatic ring is 1. The number of aryl methyl sites for hydroxylation is 1. The number of carbonyl (C=O) groups excluding carboxylic acids is 3. The first-order chi connectivity index (χ1) is 22.9. The largest absolute Gasteiger partial charge is 0.444 e. The summed E-state index contributed by atoms with van der Waals surface area (Å²) in [7, 11) is 0. The number of hydrogen-bond acceptors (Lipinski definition) is 9. The molecule has 2 heterocycles. The number of benzene rings is 2. The molecule has 0 unspecified atom stereocenters. The van der Waals surface area contributed by atoms with Crippen LogP contribution in [0.15, 0.2) is 60.7 Å². The van der Waals surface area contributed by atoms with Gasteiger partial charge >= 0.3 is 6.09 Å². The molecule has 1 saturated carbocycles. The summed E-state index contributed by atoms with van der Waals surface area (Å²) in [5, 5.41) is 17.0. The molecule has 252 valence electrons. The van der Waals surface area contributed by atoms with Crippen molar-refractivity contribution in [3.05, 3.63) is 71.9 Å². The van der Waals surface area contributed by atoms with E-state index >= 15 is 0 Å². The number of H-pyrrole nitrogens is 1. The van der Waals surface area contributed by atoms with Crippen molar-refractivity contribution in [1.82, 2.24) is 30.9 Å². The van der Waals surface area contributed by atoms with Crippen LogP contribution >= 0.6 is 0 Å². The van der Waals surface area contributed by atoms with Gasteiger partial charge in [-0.05, 0) is 112 Å². The zero-order valence-corrected chi connectivity index (χ0v) is 27.8. The Labute approximate surface area is 279 Å². The molecule has 1 aliphatic rings. The molecule has 0 radical (unpaired) electrons. The van der Waals surface area contributed by atoms with Gasteiger partial charge in [-0.25, -0.2) is 9.78 Å². The third-order valence-electron chi connectivity index (χ3n) is 8.53. The van der Waals surface area contributed by atoms with Crippen LogP contribution in [0.25, 0.3) is 22.5 Å². The molecule has 48 heavy (non-hydrogen) atoms. The Hall–Kier alpha value is -5.33. The third-order valence-corrected chi connectivity index (χ3v) is 8.53. The van der Waals surface area contributed by atoms with Crippen LogP contribution in [0, 0.1) is 18.8 Å². The molecule has 0 spiro atoms. The molecular formula is C35H43N9O4. The van der Waals surface area contributed by atoms with Crippen LogP contribution in [0.3, 0.4) is 0 Å². The number of anilines is 2. The van der Waals surface area contributed by atoms with E-state index in [9.17, 15) is 14.4 Å². The Morgan fingerprint density at radius 2 is 1.75 bits per heavy atom. The van der Waals surface area contributed by atoms with Gasteiger partial charge in [0.05, 0.1) is 0 Å². The Balaban J connectivity index is 1.38. The van der Waals surface area contributed by atoms with Crippen LogP contribution in [0.5, 0.6) is 0 Å². The second-order valence-electron chi connectivity index (χ2n) is 13.3. The maximum atomic E-state index is 14.4. The summed E-state index contributed by atoms with van der Waals surface area (Å²) in [5.41, 5.74) is 16.1. The van der Waals surface area contributed by atoms with Crippen LogP contribution in [0.2, 0.25) is 0 Å². The Kier molecular flexibility index (Phi) is 10.4. The van der Waals surface area contributed by atoms with E-state index in [2.05, 4.69) is 30.9 Å². The van der Waals surface area contributed by atoms with Gasteiger partial charge in [-0.2, -0.15) is 5.21 Å². The number of hydrogen-bond donors (Lipinski definition) is 4. The zero-order valence-electron chi connectivity index (χ0n) is 27.8. The van der Waals surface area contributed by atoms with E-state index in [0.29, 0.717) is 42.3 Å². The van der Waals surface area contributed by atoms with Gasteiger partial charge in [0.15, 0.2) is 0 Å². The third kappa shape index (κ3) is 8.52. The Morgan fingerprint density at radius 1 is 1.02 bits per heavy atom. The highest BCUT2D eigenvalue weighted by Gasteiger charge is 2.36. The number of carbonyl (C=O) groups is 3. The van der Waals surface area contributed by atoms with Crippen LogP contribution in [-0.4, -0.2) is 61.7 Å². The van der Waals surface area contributed by atoms with Crippen molar-refractivity contribution in [2.75, 3.05) is 17.2 Å². The van der Waals surface area contributed by atoms with Crippen molar-refractivity contribution in [2.45, 2.75) is 71.4 Å². The van der Waals surface area contributed by atoms with Crippen LogP contribution in [0.4, 0.5) is 16.3 Å². The van der Waals surface area contributed by atoms with Gasteiger partial charge in [0, 0.05) is 41.4 Å². The van der Waals surface area contributed by atoms with Crippen molar-refractivity contribution < 1.29 is 19.1 Å². The standard InChI is InChI=1S/C35H43N9O4/c1-21-28(16-17-30(36)39-21)26-7-5-6-23(18-26)19-29(31(37)45)44(27-14-12-24(13-15-27)32-40-42-43-41-32)33(46)25-10-8-22(9-11-25)20-38-34(47)48-35(2,3)4/h5-7,12-18,22,25,29H,8-11,19-20H2,1-4H3,(H2,36,39)(H2,37,45)(H,38,47)(H,40,41,42,43)/t22?,25?,29-/m0/s1. The van der Waals surface area contributed by atoms with Crippen molar-refractivity contribution in [3.8, 4) is 22.5 Å². The average Bonchev–Trinajstić information content (AvgIpc) is 3.59. The highest BCUT2D eigenvalue weighted by atomic mass is 16.6. The fraction of sp³-hybridized carbons (Fsp3) is 0.400. The topological polar surface area (TPSA) is 195 Å². The smallest absolute Gasteiger partial charge is 0.407 e. The minimum atomic E-state index is -0.957. The van der Waals surface area contributed by atoms with Gasteiger partial charge in [0.2, 0.25) is 17.6 Å². The lowest BCUT2D eigenvalue weighted by atomic mass is 9.81. The predicted molar refractivity (Wildman–Crippen MR) is 182 cm³/mol. The number of alkyl carbamates (subject to hydrolysis) is 1. The molecule has 1 fully saturated rings. The average molecular weight is 654 g/mol. The molecule has 0 bridgehead atoms. The molecule has 1 atom stereocenters. The van der Waals surface area contributed by atoms with E-state index in [-0.39, 0.29) is 24.2 Å². The molecule has 1 aliphatic carbocycles. The number of ether oxygens (including phenoxy) is 1. The monoisotopic (exact) mass is 653 g/mol. The lowest BCUT2D eigenvalue weighted by molar-refractivity contribution is -0.127. The number of amides is 3. The molecule has 5 rings (SSSR count). The molecule has 13 heteroatoms. The maximum absolute atomic E-state index is 14.4. The molecule has 2 aromatic heterocycles. The minimum Gasteiger partial charge on any atom is -0.444 e. The maximum Gasteiger partial charge on any atom is 0.407 e. The number of aromatic nitrogens is 5. The number of primary amides is 1. The van der Waals surface area contributed by atoms with Gasteiger partial charge in [0.1, 0.15) is 17.5 Å². The summed E-state index contributed by atoms with van der Waals surface area (Å²) in [6.07, 6.45) is 2.47. The summed E-state index contributed by atoms with van der Waals surface area (Å²) >= 11 is 0. The first-order valence-electron chi connectivity index (χ1n) is 16.1. The number of tetrazole rings is 1. The van der Waals surface area contributed by atoms with E-state index in [0.717, 1.165) is 35.2 Å². The summed E-state index contributed by atoms with van der Waals surface area (Å²) in [6, 6.07) is 17.6. The number of nitrogens with two attached hydrogens (primary N) is 2. The lowest BCUT2D eigenvalue weighted by Gasteiger charge is -2.36. The SMILES string of the molecule is Cc1nc(N)ccc1-c1cccc(C[C@@H](C(N)=O)N(C(=O)C2CCC(CNC(=O)OC(C)(C)C)CC2)c2ccc(-c3nn[nH]n3)cc2)c1. The second kappa shape index (κ2) is 14.6. The van der Waals surface area contributed by atoms with Gasteiger partial charge < -0.3 is 21.5 Å². The van der Waals surface area contributed by atoms with E-state index in [1.54, 1.807) is 35.2 Å². The molecule has 6 N–H and O–H groups in total. The zero-order chi connectivity index (χ0) is 34.4. The van der Waals surface area contributed by atoms with E-state index in [1.165, 1.54) is 0 Å².